The van der Waals surface area contributed by atoms with Crippen LogP contribution in [0.4, 0.5) is 5.69 Å². The van der Waals surface area contributed by atoms with Gasteiger partial charge in [-0.2, -0.15) is 0 Å². The fraction of sp³-hybridized carbons (Fsp3) is 0.0952. The molecule has 2 aromatic carbocycles. The van der Waals surface area contributed by atoms with Crippen molar-refractivity contribution < 1.29 is 13.7 Å². The van der Waals surface area contributed by atoms with Crippen LogP contribution in [0.5, 0.6) is 0 Å². The van der Waals surface area contributed by atoms with Gasteiger partial charge >= 0.3 is 5.63 Å². The third-order valence-electron chi connectivity index (χ3n) is 4.43. The SMILES string of the molecule is Cc1onc(-c2ccccc2Cl)c1C(=O)Nc1ccc2c(C)cc(=O)oc2c1. The minimum Gasteiger partial charge on any atom is -0.423 e. The predicted octanol–water partition coefficient (Wildman–Crippen LogP) is 4.97. The number of benzene rings is 2. The number of amides is 1. The first-order valence-electron chi connectivity index (χ1n) is 8.51. The van der Waals surface area contributed by atoms with E-state index in [1.165, 1.54) is 6.07 Å². The standard InChI is InChI=1S/C21H15ClN2O4/c1-11-9-18(25)27-17-10-13(7-8-14(11)17)23-21(26)19-12(2)28-24-20(19)15-5-3-4-6-16(15)22/h3-10H,1-2H3,(H,23,26). The van der Waals surface area contributed by atoms with Crippen molar-refractivity contribution in [2.24, 2.45) is 0 Å². The van der Waals surface area contributed by atoms with Gasteiger partial charge in [-0.25, -0.2) is 4.79 Å². The zero-order chi connectivity index (χ0) is 19.8. The fourth-order valence-electron chi connectivity index (χ4n) is 3.07. The number of rotatable bonds is 3. The molecule has 1 N–H and O–H groups in total. The lowest BCUT2D eigenvalue weighted by atomic mass is 10.1. The van der Waals surface area contributed by atoms with E-state index < -0.39 is 11.5 Å². The molecule has 6 nitrogen and oxygen atoms in total. The average Bonchev–Trinajstić information content (AvgIpc) is 3.03. The van der Waals surface area contributed by atoms with Crippen LogP contribution in [0.3, 0.4) is 0 Å². The lowest BCUT2D eigenvalue weighted by Gasteiger charge is -2.08. The molecule has 0 aliphatic heterocycles. The van der Waals surface area contributed by atoms with Crippen LogP contribution in [0.2, 0.25) is 5.02 Å². The summed E-state index contributed by atoms with van der Waals surface area (Å²) >= 11 is 6.24. The topological polar surface area (TPSA) is 85.3 Å². The quantitative estimate of drug-likeness (QED) is 0.496. The summed E-state index contributed by atoms with van der Waals surface area (Å²) in [5.41, 5.74) is 2.51. The first kappa shape index (κ1) is 18.0. The Labute approximate surface area is 164 Å². The van der Waals surface area contributed by atoms with E-state index in [0.717, 1.165) is 10.9 Å². The Hall–Kier alpha value is -3.38. The largest absolute Gasteiger partial charge is 0.423 e. The minimum absolute atomic E-state index is 0.291. The van der Waals surface area contributed by atoms with Gasteiger partial charge in [-0.15, -0.1) is 0 Å². The number of aromatic nitrogens is 1. The van der Waals surface area contributed by atoms with Crippen molar-refractivity contribution in [3.05, 3.63) is 80.9 Å². The molecule has 0 saturated carbocycles. The summed E-state index contributed by atoms with van der Waals surface area (Å²) < 4.78 is 10.5. The highest BCUT2D eigenvalue weighted by molar-refractivity contribution is 6.33. The minimum atomic E-state index is -0.440. The van der Waals surface area contributed by atoms with E-state index in [0.29, 0.717) is 38.9 Å². The van der Waals surface area contributed by atoms with Gasteiger partial charge in [0.05, 0.1) is 5.02 Å². The van der Waals surface area contributed by atoms with E-state index in [-0.39, 0.29) is 0 Å². The van der Waals surface area contributed by atoms with Crippen LogP contribution < -0.4 is 10.9 Å². The second kappa shape index (κ2) is 6.98. The molecule has 0 bridgehead atoms. The maximum absolute atomic E-state index is 12.9. The number of fused-ring (bicyclic) bond motifs is 1. The summed E-state index contributed by atoms with van der Waals surface area (Å²) in [5.74, 6) is -0.0291. The normalized spacial score (nSPS) is 11.0. The summed E-state index contributed by atoms with van der Waals surface area (Å²) in [6.07, 6.45) is 0. The van der Waals surface area contributed by atoms with Crippen LogP contribution in [0.1, 0.15) is 21.7 Å². The predicted molar refractivity (Wildman–Crippen MR) is 107 cm³/mol. The molecule has 0 aliphatic carbocycles. The van der Waals surface area contributed by atoms with Gasteiger partial charge in [0.2, 0.25) is 0 Å². The van der Waals surface area contributed by atoms with Crippen LogP contribution >= 0.6 is 11.6 Å². The van der Waals surface area contributed by atoms with E-state index in [4.69, 9.17) is 20.5 Å². The smallest absolute Gasteiger partial charge is 0.336 e. The molecule has 4 rings (SSSR count). The number of halogens is 1. The summed E-state index contributed by atoms with van der Waals surface area (Å²) in [7, 11) is 0. The Balaban J connectivity index is 1.72. The number of nitrogens with zero attached hydrogens (tertiary/aromatic N) is 1. The van der Waals surface area contributed by atoms with Gasteiger partial charge in [-0.05, 0) is 37.6 Å². The van der Waals surface area contributed by atoms with E-state index >= 15 is 0 Å². The lowest BCUT2D eigenvalue weighted by molar-refractivity contribution is 0.102. The fourth-order valence-corrected chi connectivity index (χ4v) is 3.30. The molecule has 140 valence electrons. The third-order valence-corrected chi connectivity index (χ3v) is 4.76. The molecule has 0 unspecified atom stereocenters. The van der Waals surface area contributed by atoms with Gasteiger partial charge < -0.3 is 14.3 Å². The molecule has 0 saturated heterocycles. The van der Waals surface area contributed by atoms with Crippen molar-refractivity contribution in [1.29, 1.82) is 0 Å². The zero-order valence-corrected chi connectivity index (χ0v) is 15.8. The molecule has 0 aliphatic rings. The van der Waals surface area contributed by atoms with E-state index in [9.17, 15) is 9.59 Å². The Morgan fingerprint density at radius 1 is 1.11 bits per heavy atom. The molecule has 1 amide bonds. The van der Waals surface area contributed by atoms with Gasteiger partial charge in [0.25, 0.3) is 5.91 Å². The molecule has 2 heterocycles. The molecule has 2 aromatic heterocycles. The molecule has 28 heavy (non-hydrogen) atoms. The number of anilines is 1. The molecule has 0 radical (unpaired) electrons. The Morgan fingerprint density at radius 3 is 2.68 bits per heavy atom. The van der Waals surface area contributed by atoms with Gasteiger partial charge in [0, 0.05) is 28.8 Å². The molecule has 0 fully saturated rings. The Kier molecular flexibility index (Phi) is 4.49. The summed E-state index contributed by atoms with van der Waals surface area (Å²) in [6.45, 7) is 3.49. The van der Waals surface area contributed by atoms with Gasteiger partial charge in [-0.3, -0.25) is 4.79 Å². The summed E-state index contributed by atoms with van der Waals surface area (Å²) in [5, 5.41) is 8.07. The van der Waals surface area contributed by atoms with Crippen molar-refractivity contribution in [2.45, 2.75) is 13.8 Å². The van der Waals surface area contributed by atoms with Crippen molar-refractivity contribution >= 4 is 34.2 Å². The molecule has 4 aromatic rings. The number of hydrogen-bond acceptors (Lipinski definition) is 5. The average molecular weight is 395 g/mol. The Bertz CT molecular complexity index is 1270. The van der Waals surface area contributed by atoms with E-state index in [1.807, 2.05) is 6.92 Å². The highest BCUT2D eigenvalue weighted by Crippen LogP contribution is 2.31. The monoisotopic (exact) mass is 394 g/mol. The van der Waals surface area contributed by atoms with Crippen LogP contribution in [0.15, 0.2) is 62.3 Å². The van der Waals surface area contributed by atoms with Crippen molar-refractivity contribution in [3.63, 3.8) is 0 Å². The van der Waals surface area contributed by atoms with Crippen LogP contribution in [0, 0.1) is 13.8 Å². The first-order chi connectivity index (χ1) is 13.4. The summed E-state index contributed by atoms with van der Waals surface area (Å²) in [4.78, 5) is 24.5. The second-order valence-corrected chi connectivity index (χ2v) is 6.76. The zero-order valence-electron chi connectivity index (χ0n) is 15.1. The van der Waals surface area contributed by atoms with Gasteiger partial charge in [0.1, 0.15) is 22.6 Å². The van der Waals surface area contributed by atoms with E-state index in [1.54, 1.807) is 49.4 Å². The molecular formula is C21H15ClN2O4. The highest BCUT2D eigenvalue weighted by Gasteiger charge is 2.23. The molecular weight excluding hydrogens is 380 g/mol. The van der Waals surface area contributed by atoms with Crippen LogP contribution in [-0.2, 0) is 0 Å². The maximum atomic E-state index is 12.9. The molecule has 0 spiro atoms. The maximum Gasteiger partial charge on any atom is 0.336 e. The summed E-state index contributed by atoms with van der Waals surface area (Å²) in [6, 6.07) is 13.7. The van der Waals surface area contributed by atoms with E-state index in [2.05, 4.69) is 10.5 Å². The molecule has 7 heteroatoms. The van der Waals surface area contributed by atoms with Crippen molar-refractivity contribution in [2.75, 3.05) is 5.32 Å². The Morgan fingerprint density at radius 2 is 1.89 bits per heavy atom. The van der Waals surface area contributed by atoms with Gasteiger partial charge in [0.15, 0.2) is 0 Å². The van der Waals surface area contributed by atoms with Crippen molar-refractivity contribution in [1.82, 2.24) is 5.16 Å². The second-order valence-electron chi connectivity index (χ2n) is 6.36. The first-order valence-corrected chi connectivity index (χ1v) is 8.89. The van der Waals surface area contributed by atoms with Gasteiger partial charge in [-0.1, -0.05) is 35.0 Å². The van der Waals surface area contributed by atoms with Crippen molar-refractivity contribution in [3.8, 4) is 11.3 Å². The highest BCUT2D eigenvalue weighted by atomic mass is 35.5. The number of carbonyl (C=O) groups excluding carboxylic acids is 1. The van der Waals surface area contributed by atoms with Crippen LogP contribution in [-0.4, -0.2) is 11.1 Å². The molecule has 0 atom stereocenters. The third kappa shape index (κ3) is 3.18. The number of carbonyl (C=O) groups is 1. The number of aryl methyl sites for hydroxylation is 2. The van der Waals surface area contributed by atoms with Crippen LogP contribution in [0.25, 0.3) is 22.2 Å². The number of hydrogen-bond donors (Lipinski definition) is 1. The lowest BCUT2D eigenvalue weighted by Crippen LogP contribution is -2.13. The number of nitrogens with one attached hydrogen (secondary N) is 1.